The van der Waals surface area contributed by atoms with E-state index in [1.54, 1.807) is 43.4 Å². The van der Waals surface area contributed by atoms with E-state index in [0.29, 0.717) is 30.0 Å². The predicted octanol–water partition coefficient (Wildman–Crippen LogP) is 1.60. The molecule has 1 amide bonds. The average molecular weight is 358 g/mol. The minimum absolute atomic E-state index is 0.101. The number of para-hydroxylation sites is 1. The quantitative estimate of drug-likeness (QED) is 0.811. The number of methoxy groups -OCH3 is 2. The Kier molecular flexibility index (Phi) is 5.13. The highest BCUT2D eigenvalue weighted by Crippen LogP contribution is 2.42. The third kappa shape index (κ3) is 3.12. The Labute approximate surface area is 151 Å². The number of rotatable bonds is 4. The molecule has 3 rings (SSSR count). The van der Waals surface area contributed by atoms with Gasteiger partial charge in [-0.05, 0) is 29.7 Å². The lowest BCUT2D eigenvalue weighted by Crippen LogP contribution is -2.99. The second kappa shape index (κ2) is 7.33. The molecule has 0 saturated carbocycles. The molecule has 0 bridgehead atoms. The maximum Gasteiger partial charge on any atom is 0.220 e. The fraction of sp³-hybridized carbons (Fsp3) is 0.316. The summed E-state index contributed by atoms with van der Waals surface area (Å²) in [5, 5.41) is 20.3. The summed E-state index contributed by atoms with van der Waals surface area (Å²) < 4.78 is 10.8. The van der Waals surface area contributed by atoms with E-state index in [-0.39, 0.29) is 11.6 Å². The third-order valence-corrected chi connectivity index (χ3v) is 4.76. The maximum absolute atomic E-state index is 12.3. The Hall–Kier alpha value is -2.61. The molecule has 7 nitrogen and oxygen atoms in total. The Bertz CT molecular complexity index is 822. The summed E-state index contributed by atoms with van der Waals surface area (Å²) in [4.78, 5) is 14.0. The average Bonchev–Trinajstić information content (AvgIpc) is 2.65. The van der Waals surface area contributed by atoms with Gasteiger partial charge < -0.3 is 19.6 Å². The van der Waals surface area contributed by atoms with Crippen molar-refractivity contribution in [2.24, 2.45) is 0 Å². The van der Waals surface area contributed by atoms with Gasteiger partial charge in [-0.1, -0.05) is 18.2 Å². The number of quaternary nitrogens is 1. The number of amides is 1. The van der Waals surface area contributed by atoms with Crippen LogP contribution in [0.3, 0.4) is 0 Å². The summed E-state index contributed by atoms with van der Waals surface area (Å²) in [5.74, 6) is 1.07. The molecular formula is C19H22N2O5. The van der Waals surface area contributed by atoms with Gasteiger partial charge in [-0.15, -0.1) is 0 Å². The van der Waals surface area contributed by atoms with Crippen LogP contribution in [0.4, 0.5) is 5.69 Å². The van der Waals surface area contributed by atoms with E-state index in [2.05, 4.69) is 0 Å². The van der Waals surface area contributed by atoms with Crippen LogP contribution in [-0.4, -0.2) is 36.8 Å². The number of hydrogen-bond donors (Lipinski definition) is 2. The van der Waals surface area contributed by atoms with Gasteiger partial charge in [-0.2, -0.15) is 5.23 Å². The zero-order chi connectivity index (χ0) is 18.8. The number of benzene rings is 2. The molecule has 0 fully saturated rings. The fourth-order valence-corrected chi connectivity index (χ4v) is 3.55. The Balaban J connectivity index is 2.23. The summed E-state index contributed by atoms with van der Waals surface area (Å²) in [6.45, 7) is 2.01. The lowest BCUT2D eigenvalue weighted by atomic mass is 9.87. The lowest BCUT2D eigenvalue weighted by Gasteiger charge is -2.38. The largest absolute Gasteiger partial charge is 0.595 e. The Morgan fingerprint density at radius 1 is 1.19 bits per heavy atom. The second-order valence-electron chi connectivity index (χ2n) is 6.16. The van der Waals surface area contributed by atoms with Crippen LogP contribution in [0.25, 0.3) is 0 Å². The number of nitrogens with zero attached hydrogens (tertiary/aromatic N) is 1. The number of carbonyl (C=O) groups excluding carboxylic acids is 1. The van der Waals surface area contributed by atoms with Crippen LogP contribution in [0.2, 0.25) is 0 Å². The zero-order valence-corrected chi connectivity index (χ0v) is 15.0. The molecule has 2 aromatic carbocycles. The first kappa shape index (κ1) is 18.2. The van der Waals surface area contributed by atoms with Gasteiger partial charge >= 0.3 is 0 Å². The summed E-state index contributed by atoms with van der Waals surface area (Å²) in [7, 11) is 3.13. The van der Waals surface area contributed by atoms with Crippen LogP contribution in [0.15, 0.2) is 36.4 Å². The highest BCUT2D eigenvalue weighted by molar-refractivity contribution is 5.75. The van der Waals surface area contributed by atoms with E-state index in [1.807, 2.05) is 12.1 Å². The molecule has 2 N–H and O–H groups in total. The van der Waals surface area contributed by atoms with Gasteiger partial charge in [0.1, 0.15) is 0 Å². The number of ether oxygens (including phenoxy) is 2. The molecule has 2 unspecified atom stereocenters. The summed E-state index contributed by atoms with van der Waals surface area (Å²) in [5.41, 5.74) is 2.65. The number of hydrogen-bond acceptors (Lipinski definition) is 5. The molecule has 0 spiro atoms. The van der Waals surface area contributed by atoms with E-state index in [0.717, 1.165) is 11.1 Å². The minimum Gasteiger partial charge on any atom is -0.595 e. The van der Waals surface area contributed by atoms with Crippen molar-refractivity contribution in [1.82, 2.24) is 4.90 Å². The highest BCUT2D eigenvalue weighted by atomic mass is 16.8. The van der Waals surface area contributed by atoms with Crippen LogP contribution in [0.5, 0.6) is 11.5 Å². The standard InChI is InChI=1S/C19H22N2O5/c1-12(22)20-9-8-13-10-17(25-2)18(26-3)11-15(13)19(20)14-6-4-5-7-16(14)21(23)24/h4-7,10-11,19,21,23H,8-9H2,1-3H3. The van der Waals surface area contributed by atoms with Crippen molar-refractivity contribution < 1.29 is 24.7 Å². The monoisotopic (exact) mass is 358 g/mol. The molecule has 26 heavy (non-hydrogen) atoms. The highest BCUT2D eigenvalue weighted by Gasteiger charge is 2.34. The molecule has 0 aromatic heterocycles. The Morgan fingerprint density at radius 3 is 2.46 bits per heavy atom. The Morgan fingerprint density at radius 2 is 1.85 bits per heavy atom. The first-order chi connectivity index (χ1) is 12.5. The molecule has 1 heterocycles. The summed E-state index contributed by atoms with van der Waals surface area (Å²) >= 11 is 0. The normalized spacial score (nSPS) is 17.4. The van der Waals surface area contributed by atoms with Crippen molar-refractivity contribution in [3.8, 4) is 11.5 Å². The van der Waals surface area contributed by atoms with Gasteiger partial charge in [0.05, 0.1) is 20.3 Å². The smallest absolute Gasteiger partial charge is 0.220 e. The first-order valence-corrected chi connectivity index (χ1v) is 8.32. The number of fused-ring (bicyclic) bond motifs is 1. The van der Waals surface area contributed by atoms with Crippen LogP contribution in [-0.2, 0) is 11.2 Å². The summed E-state index contributed by atoms with van der Waals surface area (Å²) in [6.07, 6.45) is 0.668. The van der Waals surface area contributed by atoms with Crippen LogP contribution >= 0.6 is 0 Å². The molecule has 0 radical (unpaired) electrons. The SMILES string of the molecule is COc1cc2c(cc1OC)C(c1ccccc1[NH+]([O-])O)N(C(C)=O)CC2. The van der Waals surface area contributed by atoms with Gasteiger partial charge in [0, 0.05) is 25.1 Å². The van der Waals surface area contributed by atoms with E-state index in [9.17, 15) is 15.2 Å². The van der Waals surface area contributed by atoms with Crippen molar-refractivity contribution >= 4 is 11.6 Å². The van der Waals surface area contributed by atoms with Crippen LogP contribution in [0.1, 0.15) is 29.7 Å². The van der Waals surface area contributed by atoms with Crippen molar-refractivity contribution in [2.75, 3.05) is 20.8 Å². The van der Waals surface area contributed by atoms with E-state index >= 15 is 0 Å². The molecule has 1 aliphatic heterocycles. The van der Waals surface area contributed by atoms with E-state index < -0.39 is 11.3 Å². The van der Waals surface area contributed by atoms with Crippen molar-refractivity contribution in [3.63, 3.8) is 0 Å². The molecule has 2 aromatic rings. The van der Waals surface area contributed by atoms with Crippen LogP contribution < -0.4 is 14.7 Å². The number of carbonyl (C=O) groups is 1. The molecular weight excluding hydrogens is 336 g/mol. The van der Waals surface area contributed by atoms with Gasteiger partial charge in [0.25, 0.3) is 0 Å². The molecule has 0 saturated heterocycles. The molecule has 7 heteroatoms. The topological polar surface area (TPSA) is 86.5 Å². The predicted molar refractivity (Wildman–Crippen MR) is 94.7 cm³/mol. The zero-order valence-electron chi connectivity index (χ0n) is 15.0. The summed E-state index contributed by atoms with van der Waals surface area (Å²) in [6, 6.07) is 10.1. The third-order valence-electron chi connectivity index (χ3n) is 4.76. The number of nitrogens with one attached hydrogen (secondary N) is 1. The van der Waals surface area contributed by atoms with Crippen LogP contribution in [0, 0.1) is 5.21 Å². The van der Waals surface area contributed by atoms with Gasteiger partial charge in [-0.25, -0.2) is 5.21 Å². The fourth-order valence-electron chi connectivity index (χ4n) is 3.55. The lowest BCUT2D eigenvalue weighted by molar-refractivity contribution is -0.991. The van der Waals surface area contributed by atoms with E-state index in [1.165, 1.54) is 6.92 Å². The van der Waals surface area contributed by atoms with Crippen molar-refractivity contribution in [1.29, 1.82) is 0 Å². The minimum atomic E-state index is -1.02. The second-order valence-corrected chi connectivity index (χ2v) is 6.16. The molecule has 1 aliphatic rings. The van der Waals surface area contributed by atoms with Crippen molar-refractivity contribution in [2.45, 2.75) is 19.4 Å². The van der Waals surface area contributed by atoms with Gasteiger partial charge in [0.2, 0.25) is 5.91 Å². The molecule has 2 atom stereocenters. The van der Waals surface area contributed by atoms with Crippen molar-refractivity contribution in [3.05, 3.63) is 58.3 Å². The molecule has 138 valence electrons. The van der Waals surface area contributed by atoms with Gasteiger partial charge in [0.15, 0.2) is 17.2 Å². The molecule has 0 aliphatic carbocycles. The maximum atomic E-state index is 12.3. The first-order valence-electron chi connectivity index (χ1n) is 8.32. The van der Waals surface area contributed by atoms with E-state index in [4.69, 9.17) is 9.47 Å². The van der Waals surface area contributed by atoms with Gasteiger partial charge in [-0.3, -0.25) is 4.79 Å².